The molecule has 0 amide bonds. The largest absolute Gasteiger partial charge is 0.573 e. The summed E-state index contributed by atoms with van der Waals surface area (Å²) in [4.78, 5) is 0. The van der Waals surface area contributed by atoms with Crippen LogP contribution in [-0.4, -0.2) is 6.36 Å². The van der Waals surface area contributed by atoms with E-state index in [0.717, 1.165) is 12.1 Å². The van der Waals surface area contributed by atoms with Gasteiger partial charge in [0.1, 0.15) is 22.9 Å². The Morgan fingerprint density at radius 1 is 0.815 bits per heavy atom. The van der Waals surface area contributed by atoms with Crippen LogP contribution in [-0.2, 0) is 12.5 Å². The Bertz CT molecular complexity index is 794. The zero-order valence-electron chi connectivity index (χ0n) is 13.6. The molecule has 0 aliphatic heterocycles. The highest BCUT2D eigenvalue weighted by Crippen LogP contribution is 2.37. The molecule has 2 nitrogen and oxygen atoms in total. The van der Waals surface area contributed by atoms with Gasteiger partial charge in [0.15, 0.2) is 11.6 Å². The van der Waals surface area contributed by atoms with Gasteiger partial charge < -0.3 is 9.47 Å². The van der Waals surface area contributed by atoms with Crippen LogP contribution < -0.4 is 9.47 Å². The van der Waals surface area contributed by atoms with Crippen LogP contribution in [0, 0.1) is 17.5 Å². The molecule has 0 aromatic heterocycles. The quantitative estimate of drug-likeness (QED) is 0.547. The normalized spacial score (nSPS) is 12.2. The lowest BCUT2D eigenvalue weighted by Crippen LogP contribution is -2.25. The van der Waals surface area contributed by atoms with Gasteiger partial charge in [-0.15, -0.1) is 13.2 Å². The number of hydrogen-bond donors (Lipinski definition) is 0. The third kappa shape index (κ3) is 5.24. The molecule has 0 unspecified atom stereocenters. The van der Waals surface area contributed by atoms with Crippen LogP contribution in [0.5, 0.6) is 11.5 Å². The average Bonchev–Trinajstić information content (AvgIpc) is 2.47. The Labute approximate surface area is 148 Å². The van der Waals surface area contributed by atoms with Crippen molar-refractivity contribution in [2.75, 3.05) is 0 Å². The average molecular weight is 400 g/mol. The fourth-order valence-electron chi connectivity index (χ4n) is 2.29. The van der Waals surface area contributed by atoms with Gasteiger partial charge in [0.05, 0.1) is 0 Å². The van der Waals surface area contributed by atoms with Gasteiger partial charge in [-0.25, -0.2) is 13.2 Å². The van der Waals surface area contributed by atoms with Gasteiger partial charge in [-0.3, -0.25) is 0 Å². The molecule has 0 saturated carbocycles. The number of alkyl halides is 5. The minimum Gasteiger partial charge on any atom is -0.429 e. The second-order valence-electron chi connectivity index (χ2n) is 5.44. The van der Waals surface area contributed by atoms with E-state index >= 15 is 0 Å². The molecule has 2 aromatic rings. The van der Waals surface area contributed by atoms with E-state index in [4.69, 9.17) is 0 Å². The summed E-state index contributed by atoms with van der Waals surface area (Å²) in [6.07, 6.45) is -8.96. The Hall–Kier alpha value is -2.52. The fourth-order valence-corrected chi connectivity index (χ4v) is 2.29. The molecular formula is C17H12F8O2. The van der Waals surface area contributed by atoms with E-state index in [1.165, 1.54) is 0 Å². The Morgan fingerprint density at radius 2 is 1.41 bits per heavy atom. The maximum Gasteiger partial charge on any atom is 0.573 e. The molecule has 0 saturated heterocycles. The third-order valence-electron chi connectivity index (χ3n) is 3.31. The van der Waals surface area contributed by atoms with Gasteiger partial charge >= 0.3 is 12.5 Å². The van der Waals surface area contributed by atoms with Crippen LogP contribution in [0.3, 0.4) is 0 Å². The number of benzene rings is 2. The molecule has 10 heteroatoms. The second kappa shape index (κ2) is 7.61. The van der Waals surface area contributed by atoms with Crippen LogP contribution >= 0.6 is 0 Å². The number of aryl methyl sites for hydroxylation is 1. The van der Waals surface area contributed by atoms with Crippen molar-refractivity contribution in [1.82, 2.24) is 0 Å². The van der Waals surface area contributed by atoms with Crippen molar-refractivity contribution in [2.24, 2.45) is 0 Å². The van der Waals surface area contributed by atoms with Crippen molar-refractivity contribution in [1.29, 1.82) is 0 Å². The minimum atomic E-state index is -5.19. The highest BCUT2D eigenvalue weighted by Gasteiger charge is 2.41. The molecule has 0 spiro atoms. The molecule has 0 N–H and O–H groups in total. The maximum atomic E-state index is 14.1. The fraction of sp³-hybridized carbons (Fsp3) is 0.294. The molecule has 2 aromatic carbocycles. The number of halogens is 8. The van der Waals surface area contributed by atoms with Crippen LogP contribution in [0.15, 0.2) is 30.3 Å². The molecular weight excluding hydrogens is 388 g/mol. The predicted octanol–water partition coefficient (Wildman–Crippen LogP) is 6.08. The Kier molecular flexibility index (Phi) is 5.86. The highest BCUT2D eigenvalue weighted by molar-refractivity contribution is 5.35. The van der Waals surface area contributed by atoms with Crippen molar-refractivity contribution in [3.63, 3.8) is 0 Å². The van der Waals surface area contributed by atoms with E-state index in [9.17, 15) is 35.1 Å². The van der Waals surface area contributed by atoms with E-state index in [-0.39, 0.29) is 18.1 Å². The van der Waals surface area contributed by atoms with Gasteiger partial charge in [0.2, 0.25) is 0 Å². The number of rotatable bonds is 6. The third-order valence-corrected chi connectivity index (χ3v) is 3.31. The standard InChI is InChI=1S/C17H12F8O2/c1-2-3-9-6-12(19)15(13(20)7-9)16(21,22)26-10-4-5-14(11(18)8-10)27-17(23,24)25/h4-8H,2-3H2,1H3. The Morgan fingerprint density at radius 3 is 1.89 bits per heavy atom. The SMILES string of the molecule is CCCc1cc(F)c(C(F)(F)Oc2ccc(OC(F)(F)F)c(F)c2)c(F)c1. The van der Waals surface area contributed by atoms with Crippen molar-refractivity contribution >= 4 is 0 Å². The Balaban J connectivity index is 2.30. The van der Waals surface area contributed by atoms with E-state index in [1.807, 2.05) is 0 Å². The first-order valence-corrected chi connectivity index (χ1v) is 7.53. The van der Waals surface area contributed by atoms with Gasteiger partial charge in [-0.2, -0.15) is 8.78 Å². The topological polar surface area (TPSA) is 18.5 Å². The highest BCUT2D eigenvalue weighted by atomic mass is 19.4. The van der Waals surface area contributed by atoms with Crippen molar-refractivity contribution in [2.45, 2.75) is 32.2 Å². The van der Waals surface area contributed by atoms with Gasteiger partial charge in [-0.1, -0.05) is 13.3 Å². The summed E-state index contributed by atoms with van der Waals surface area (Å²) in [5.41, 5.74) is -1.54. The van der Waals surface area contributed by atoms with Gasteiger partial charge in [0, 0.05) is 6.07 Å². The number of ether oxygens (including phenoxy) is 2. The molecule has 0 aliphatic rings. The van der Waals surface area contributed by atoms with Crippen molar-refractivity contribution in [3.05, 3.63) is 58.9 Å². The second-order valence-corrected chi connectivity index (χ2v) is 5.44. The molecule has 0 bridgehead atoms. The zero-order chi connectivity index (χ0) is 20.4. The summed E-state index contributed by atoms with van der Waals surface area (Å²) in [7, 11) is 0. The van der Waals surface area contributed by atoms with Gasteiger partial charge in [0.25, 0.3) is 0 Å². The first kappa shape index (κ1) is 20.8. The summed E-state index contributed by atoms with van der Waals surface area (Å²) >= 11 is 0. The lowest BCUT2D eigenvalue weighted by molar-refractivity contribution is -0.275. The summed E-state index contributed by atoms with van der Waals surface area (Å²) in [6.45, 7) is 1.72. The molecule has 27 heavy (non-hydrogen) atoms. The molecule has 0 atom stereocenters. The van der Waals surface area contributed by atoms with Gasteiger partial charge in [-0.05, 0) is 36.2 Å². The first-order chi connectivity index (χ1) is 12.4. The predicted molar refractivity (Wildman–Crippen MR) is 78.0 cm³/mol. The molecule has 0 radical (unpaired) electrons. The van der Waals surface area contributed by atoms with Crippen LogP contribution in [0.4, 0.5) is 35.1 Å². The van der Waals surface area contributed by atoms with E-state index in [2.05, 4.69) is 9.47 Å². The minimum absolute atomic E-state index is 0.159. The first-order valence-electron chi connectivity index (χ1n) is 7.53. The number of hydrogen-bond acceptors (Lipinski definition) is 2. The lowest BCUT2D eigenvalue weighted by atomic mass is 10.1. The van der Waals surface area contributed by atoms with Crippen molar-refractivity contribution < 1.29 is 44.6 Å². The molecule has 0 fully saturated rings. The van der Waals surface area contributed by atoms with Crippen LogP contribution in [0.1, 0.15) is 24.5 Å². The summed E-state index contributed by atoms with van der Waals surface area (Å²) in [5, 5.41) is 0. The summed E-state index contributed by atoms with van der Waals surface area (Å²) in [5.74, 6) is -7.02. The summed E-state index contributed by atoms with van der Waals surface area (Å²) in [6, 6.07) is 2.56. The zero-order valence-corrected chi connectivity index (χ0v) is 13.6. The molecule has 148 valence electrons. The molecule has 0 heterocycles. The maximum absolute atomic E-state index is 14.1. The van der Waals surface area contributed by atoms with E-state index in [0.29, 0.717) is 18.6 Å². The van der Waals surface area contributed by atoms with Crippen LogP contribution in [0.2, 0.25) is 0 Å². The van der Waals surface area contributed by atoms with E-state index < -0.39 is 47.0 Å². The van der Waals surface area contributed by atoms with Crippen LogP contribution in [0.25, 0.3) is 0 Å². The smallest absolute Gasteiger partial charge is 0.429 e. The molecule has 2 rings (SSSR count). The van der Waals surface area contributed by atoms with Crippen molar-refractivity contribution in [3.8, 4) is 11.5 Å². The van der Waals surface area contributed by atoms with E-state index in [1.54, 1.807) is 6.92 Å². The lowest BCUT2D eigenvalue weighted by Gasteiger charge is -2.20. The monoisotopic (exact) mass is 400 g/mol. The molecule has 0 aliphatic carbocycles. The summed E-state index contributed by atoms with van der Waals surface area (Å²) < 4.78 is 113.